The van der Waals surface area contributed by atoms with Gasteiger partial charge in [0.15, 0.2) is 5.96 Å². The molecule has 0 bridgehead atoms. The smallest absolute Gasteiger partial charge is 0.325 e. The first kappa shape index (κ1) is 20.6. The zero-order valence-electron chi connectivity index (χ0n) is 15.9. The summed E-state index contributed by atoms with van der Waals surface area (Å²) in [4.78, 5) is 16.3. The van der Waals surface area contributed by atoms with E-state index in [1.54, 1.807) is 14.2 Å². The first-order valence-electron chi connectivity index (χ1n) is 8.24. The molecule has 0 radical (unpaired) electrons. The van der Waals surface area contributed by atoms with Crippen molar-refractivity contribution >= 4 is 11.9 Å². The van der Waals surface area contributed by atoms with Crippen LogP contribution in [0.2, 0.25) is 0 Å². The topological polar surface area (TPSA) is 81.2 Å². The van der Waals surface area contributed by atoms with E-state index in [1.807, 2.05) is 45.9 Å². The lowest BCUT2D eigenvalue weighted by atomic mass is 10.2. The van der Waals surface area contributed by atoms with E-state index < -0.39 is 5.60 Å². The van der Waals surface area contributed by atoms with E-state index in [2.05, 4.69) is 15.6 Å². The Morgan fingerprint density at radius 3 is 2.44 bits per heavy atom. The Balaban J connectivity index is 2.74. The van der Waals surface area contributed by atoms with Crippen molar-refractivity contribution < 1.29 is 19.0 Å². The number of ether oxygens (including phenoxy) is 3. The van der Waals surface area contributed by atoms with Gasteiger partial charge in [0.1, 0.15) is 23.6 Å². The Hall–Kier alpha value is -2.44. The van der Waals surface area contributed by atoms with Crippen LogP contribution in [-0.2, 0) is 16.1 Å². The molecule has 0 saturated carbocycles. The van der Waals surface area contributed by atoms with Gasteiger partial charge in [0.25, 0.3) is 0 Å². The minimum atomic E-state index is -0.509. The average molecular weight is 351 g/mol. The summed E-state index contributed by atoms with van der Waals surface area (Å²) in [7, 11) is 3.21. The van der Waals surface area contributed by atoms with Crippen LogP contribution in [0.3, 0.4) is 0 Å². The SMILES string of the molecule is CCNC(=NCc1ccc(OC)cc1OC)NCC(=O)OC(C)(C)C. The quantitative estimate of drug-likeness (QED) is 0.445. The lowest BCUT2D eigenvalue weighted by molar-refractivity contribution is -0.153. The molecular formula is C18H29N3O4. The highest BCUT2D eigenvalue weighted by Crippen LogP contribution is 2.25. The van der Waals surface area contributed by atoms with Crippen LogP contribution in [0.5, 0.6) is 11.5 Å². The number of carbonyl (C=O) groups excluding carboxylic acids is 1. The fourth-order valence-electron chi connectivity index (χ4n) is 2.02. The number of carbonyl (C=O) groups is 1. The minimum absolute atomic E-state index is 0.0445. The molecule has 2 N–H and O–H groups in total. The molecule has 7 nitrogen and oxygen atoms in total. The van der Waals surface area contributed by atoms with Crippen LogP contribution in [0.25, 0.3) is 0 Å². The van der Waals surface area contributed by atoms with Crippen LogP contribution < -0.4 is 20.1 Å². The highest BCUT2D eigenvalue weighted by molar-refractivity contribution is 5.84. The summed E-state index contributed by atoms with van der Waals surface area (Å²) in [5, 5.41) is 6.07. The molecule has 25 heavy (non-hydrogen) atoms. The Labute approximate surface area is 149 Å². The molecule has 0 aromatic heterocycles. The third kappa shape index (κ3) is 7.78. The summed E-state index contributed by atoms with van der Waals surface area (Å²) in [6.45, 7) is 8.58. The molecule has 7 heteroatoms. The summed E-state index contributed by atoms with van der Waals surface area (Å²) in [5.41, 5.74) is 0.405. The van der Waals surface area contributed by atoms with Gasteiger partial charge in [-0.05, 0) is 39.8 Å². The monoisotopic (exact) mass is 351 g/mol. The molecule has 0 aliphatic rings. The number of methoxy groups -OCH3 is 2. The molecule has 0 amide bonds. The lowest BCUT2D eigenvalue weighted by Gasteiger charge is -2.20. The van der Waals surface area contributed by atoms with Crippen LogP contribution in [0.4, 0.5) is 0 Å². The molecule has 0 fully saturated rings. The molecule has 1 rings (SSSR count). The molecule has 0 aliphatic carbocycles. The van der Waals surface area contributed by atoms with Gasteiger partial charge >= 0.3 is 5.97 Å². The van der Waals surface area contributed by atoms with Crippen molar-refractivity contribution in [3.05, 3.63) is 23.8 Å². The van der Waals surface area contributed by atoms with Gasteiger partial charge in [0.05, 0.1) is 20.8 Å². The summed E-state index contributed by atoms with van der Waals surface area (Å²) in [6, 6.07) is 5.57. The van der Waals surface area contributed by atoms with Crippen molar-refractivity contribution in [2.45, 2.75) is 39.8 Å². The number of aliphatic imine (C=N–C) groups is 1. The molecule has 0 unspecified atom stereocenters. The molecule has 0 saturated heterocycles. The third-order valence-corrected chi connectivity index (χ3v) is 3.07. The molecule has 140 valence electrons. The van der Waals surface area contributed by atoms with Crippen molar-refractivity contribution in [2.24, 2.45) is 4.99 Å². The zero-order chi connectivity index (χ0) is 18.9. The molecule has 0 atom stereocenters. The summed E-state index contributed by atoms with van der Waals surface area (Å²) < 4.78 is 15.8. The predicted molar refractivity (Wildman–Crippen MR) is 98.2 cm³/mol. The van der Waals surface area contributed by atoms with Crippen LogP contribution in [0.1, 0.15) is 33.3 Å². The number of hydrogen-bond acceptors (Lipinski definition) is 5. The number of hydrogen-bond donors (Lipinski definition) is 2. The Bertz CT molecular complexity index is 594. The van der Waals surface area contributed by atoms with E-state index in [-0.39, 0.29) is 12.5 Å². The van der Waals surface area contributed by atoms with E-state index in [4.69, 9.17) is 14.2 Å². The average Bonchev–Trinajstić information content (AvgIpc) is 2.55. The predicted octanol–water partition coefficient (Wildman–Crippen LogP) is 2.10. The molecule has 1 aromatic rings. The van der Waals surface area contributed by atoms with Crippen molar-refractivity contribution in [2.75, 3.05) is 27.3 Å². The second kappa shape index (κ2) is 9.76. The van der Waals surface area contributed by atoms with Crippen LogP contribution >= 0.6 is 0 Å². The number of nitrogens with zero attached hydrogens (tertiary/aromatic N) is 1. The highest BCUT2D eigenvalue weighted by Gasteiger charge is 2.16. The van der Waals surface area contributed by atoms with Crippen molar-refractivity contribution in [3.8, 4) is 11.5 Å². The Morgan fingerprint density at radius 2 is 1.88 bits per heavy atom. The molecule has 0 spiro atoms. The molecular weight excluding hydrogens is 322 g/mol. The Kier molecular flexibility index (Phi) is 8.04. The number of nitrogens with one attached hydrogen (secondary N) is 2. The first-order valence-corrected chi connectivity index (χ1v) is 8.24. The Morgan fingerprint density at radius 1 is 1.16 bits per heavy atom. The van der Waals surface area contributed by atoms with Crippen molar-refractivity contribution in [1.29, 1.82) is 0 Å². The fourth-order valence-corrected chi connectivity index (χ4v) is 2.02. The largest absolute Gasteiger partial charge is 0.497 e. The summed E-state index contributed by atoms with van der Waals surface area (Å²) in [5.74, 6) is 1.62. The number of guanidine groups is 1. The zero-order valence-corrected chi connectivity index (χ0v) is 15.9. The molecule has 1 aromatic carbocycles. The first-order chi connectivity index (χ1) is 11.8. The van der Waals surface area contributed by atoms with Gasteiger partial charge < -0.3 is 24.8 Å². The second-order valence-electron chi connectivity index (χ2n) is 6.31. The van der Waals surface area contributed by atoms with Crippen molar-refractivity contribution in [3.63, 3.8) is 0 Å². The van der Waals surface area contributed by atoms with E-state index in [0.717, 1.165) is 11.3 Å². The van der Waals surface area contributed by atoms with Gasteiger partial charge in [-0.25, -0.2) is 4.99 Å². The van der Waals surface area contributed by atoms with Gasteiger partial charge in [-0.2, -0.15) is 0 Å². The summed E-state index contributed by atoms with van der Waals surface area (Å²) in [6.07, 6.45) is 0. The third-order valence-electron chi connectivity index (χ3n) is 3.07. The number of rotatable bonds is 7. The van der Waals surface area contributed by atoms with Gasteiger partial charge in [-0.15, -0.1) is 0 Å². The van der Waals surface area contributed by atoms with E-state index >= 15 is 0 Å². The second-order valence-corrected chi connectivity index (χ2v) is 6.31. The van der Waals surface area contributed by atoms with E-state index in [0.29, 0.717) is 24.8 Å². The maximum atomic E-state index is 11.8. The fraction of sp³-hybridized carbons (Fsp3) is 0.556. The van der Waals surface area contributed by atoms with Gasteiger partial charge in [0.2, 0.25) is 0 Å². The molecule has 0 heterocycles. The number of esters is 1. The van der Waals surface area contributed by atoms with E-state index in [9.17, 15) is 4.79 Å². The van der Waals surface area contributed by atoms with Crippen LogP contribution in [-0.4, -0.2) is 44.8 Å². The van der Waals surface area contributed by atoms with Crippen molar-refractivity contribution in [1.82, 2.24) is 10.6 Å². The minimum Gasteiger partial charge on any atom is -0.497 e. The van der Waals surface area contributed by atoms with E-state index in [1.165, 1.54) is 0 Å². The van der Waals surface area contributed by atoms with Gasteiger partial charge in [0, 0.05) is 18.2 Å². The van der Waals surface area contributed by atoms with Gasteiger partial charge in [-0.1, -0.05) is 0 Å². The maximum Gasteiger partial charge on any atom is 0.325 e. The lowest BCUT2D eigenvalue weighted by Crippen LogP contribution is -2.41. The maximum absolute atomic E-state index is 11.8. The van der Waals surface area contributed by atoms with Crippen LogP contribution in [0, 0.1) is 0 Å². The summed E-state index contributed by atoms with van der Waals surface area (Å²) >= 11 is 0. The standard InChI is InChI=1S/C18H29N3O4/c1-7-19-17(21-12-16(22)25-18(2,3)4)20-11-13-8-9-14(23-5)10-15(13)24-6/h8-10H,7,11-12H2,1-6H3,(H2,19,20,21). The normalized spacial score (nSPS) is 11.7. The highest BCUT2D eigenvalue weighted by atomic mass is 16.6. The van der Waals surface area contributed by atoms with Crippen LogP contribution in [0.15, 0.2) is 23.2 Å². The number of benzene rings is 1. The van der Waals surface area contributed by atoms with Gasteiger partial charge in [-0.3, -0.25) is 4.79 Å². The molecule has 0 aliphatic heterocycles.